The maximum Gasteiger partial charge on any atom is 0.340 e. The summed E-state index contributed by atoms with van der Waals surface area (Å²) in [6.45, 7) is 3.53. The maximum atomic E-state index is 11.5. The zero-order chi connectivity index (χ0) is 13.5. The van der Waals surface area contributed by atoms with Gasteiger partial charge >= 0.3 is 5.97 Å². The van der Waals surface area contributed by atoms with Crippen LogP contribution < -0.4 is 11.1 Å². The minimum absolute atomic E-state index is 0.377. The van der Waals surface area contributed by atoms with Crippen molar-refractivity contribution >= 4 is 17.3 Å². The van der Waals surface area contributed by atoms with Crippen molar-refractivity contribution < 1.29 is 14.3 Å². The van der Waals surface area contributed by atoms with Crippen LogP contribution in [0.4, 0.5) is 11.4 Å². The lowest BCUT2D eigenvalue weighted by Gasteiger charge is -2.13. The number of nitrogens with two attached hydrogens (primary N) is 1. The Balaban J connectivity index is 2.70. The van der Waals surface area contributed by atoms with Gasteiger partial charge in [-0.3, -0.25) is 0 Å². The van der Waals surface area contributed by atoms with Crippen LogP contribution in [0.3, 0.4) is 0 Å². The smallest absolute Gasteiger partial charge is 0.340 e. The lowest BCUT2D eigenvalue weighted by molar-refractivity contribution is 0.0602. The molecule has 0 fully saturated rings. The van der Waals surface area contributed by atoms with E-state index in [9.17, 15) is 4.79 Å². The summed E-state index contributed by atoms with van der Waals surface area (Å²) in [4.78, 5) is 11.5. The van der Waals surface area contributed by atoms with Crippen LogP contribution in [0, 0.1) is 5.92 Å². The van der Waals surface area contributed by atoms with E-state index < -0.39 is 5.97 Å². The fourth-order valence-electron chi connectivity index (χ4n) is 1.59. The van der Waals surface area contributed by atoms with Gasteiger partial charge in [0, 0.05) is 25.0 Å². The number of carbonyl (C=O) groups is 1. The largest absolute Gasteiger partial charge is 0.465 e. The molecule has 0 radical (unpaired) electrons. The first-order valence-corrected chi connectivity index (χ1v) is 5.79. The van der Waals surface area contributed by atoms with Crippen molar-refractivity contribution in [1.82, 2.24) is 0 Å². The monoisotopic (exact) mass is 252 g/mol. The summed E-state index contributed by atoms with van der Waals surface area (Å²) in [6.07, 6.45) is 0. The van der Waals surface area contributed by atoms with Gasteiger partial charge < -0.3 is 20.5 Å². The summed E-state index contributed by atoms with van der Waals surface area (Å²) < 4.78 is 9.73. The van der Waals surface area contributed by atoms with Crippen LogP contribution in [-0.2, 0) is 9.47 Å². The van der Waals surface area contributed by atoms with Gasteiger partial charge in [0.1, 0.15) is 0 Å². The fraction of sp³-hybridized carbons (Fsp3) is 0.462. The van der Waals surface area contributed by atoms with Crippen LogP contribution in [0.1, 0.15) is 17.3 Å². The van der Waals surface area contributed by atoms with Crippen molar-refractivity contribution in [2.24, 2.45) is 5.92 Å². The Morgan fingerprint density at radius 1 is 1.44 bits per heavy atom. The normalized spacial score (nSPS) is 11.9. The molecule has 0 aliphatic heterocycles. The van der Waals surface area contributed by atoms with Crippen LogP contribution in [0.15, 0.2) is 18.2 Å². The molecule has 0 aliphatic rings. The number of hydrogen-bond acceptors (Lipinski definition) is 5. The fourth-order valence-corrected chi connectivity index (χ4v) is 1.59. The molecule has 1 atom stereocenters. The third-order valence-corrected chi connectivity index (χ3v) is 2.56. The second-order valence-electron chi connectivity index (χ2n) is 4.24. The Bertz CT molecular complexity index is 407. The van der Waals surface area contributed by atoms with Gasteiger partial charge in [0.2, 0.25) is 0 Å². The lowest BCUT2D eigenvalue weighted by atomic mass is 10.1. The maximum absolute atomic E-state index is 11.5. The van der Waals surface area contributed by atoms with Crippen molar-refractivity contribution in [2.45, 2.75) is 6.92 Å². The number of benzene rings is 1. The highest BCUT2D eigenvalue weighted by atomic mass is 16.5. The zero-order valence-electron chi connectivity index (χ0n) is 11.0. The molecule has 0 spiro atoms. The minimum Gasteiger partial charge on any atom is -0.465 e. The number of hydrogen-bond donors (Lipinski definition) is 2. The number of carbonyl (C=O) groups excluding carboxylic acids is 1. The molecule has 5 heteroatoms. The van der Waals surface area contributed by atoms with Gasteiger partial charge in [-0.15, -0.1) is 0 Å². The molecule has 0 bridgehead atoms. The molecule has 0 heterocycles. The molecular weight excluding hydrogens is 232 g/mol. The second kappa shape index (κ2) is 6.86. The molecule has 18 heavy (non-hydrogen) atoms. The van der Waals surface area contributed by atoms with Gasteiger partial charge in [0.25, 0.3) is 0 Å². The first-order chi connectivity index (χ1) is 8.58. The average Bonchev–Trinajstić information content (AvgIpc) is 2.37. The van der Waals surface area contributed by atoms with E-state index in [2.05, 4.69) is 17.0 Å². The molecule has 0 amide bonds. The molecule has 3 N–H and O–H groups in total. The molecule has 0 saturated heterocycles. The van der Waals surface area contributed by atoms with E-state index in [1.165, 1.54) is 7.11 Å². The third kappa shape index (κ3) is 3.92. The molecule has 1 aromatic rings. The van der Waals surface area contributed by atoms with Gasteiger partial charge in [-0.25, -0.2) is 4.79 Å². The van der Waals surface area contributed by atoms with Gasteiger partial charge in [0.05, 0.1) is 19.3 Å². The van der Waals surface area contributed by atoms with Crippen molar-refractivity contribution in [2.75, 3.05) is 38.4 Å². The quantitative estimate of drug-likeness (QED) is 0.596. The van der Waals surface area contributed by atoms with E-state index >= 15 is 0 Å². The van der Waals surface area contributed by atoms with Crippen molar-refractivity contribution in [3.8, 4) is 0 Å². The Kier molecular flexibility index (Phi) is 5.45. The number of ether oxygens (including phenoxy) is 2. The molecule has 5 nitrogen and oxygen atoms in total. The summed E-state index contributed by atoms with van der Waals surface area (Å²) in [7, 11) is 3.01. The van der Waals surface area contributed by atoms with E-state index in [-0.39, 0.29) is 0 Å². The van der Waals surface area contributed by atoms with Crippen LogP contribution in [0.25, 0.3) is 0 Å². The van der Waals surface area contributed by atoms with E-state index in [4.69, 9.17) is 10.5 Å². The number of nitrogen functional groups attached to an aromatic ring is 1. The predicted octanol–water partition coefficient (Wildman–Crippen LogP) is 1.75. The van der Waals surface area contributed by atoms with Crippen molar-refractivity contribution in [3.63, 3.8) is 0 Å². The second-order valence-corrected chi connectivity index (χ2v) is 4.24. The summed E-state index contributed by atoms with van der Waals surface area (Å²) >= 11 is 0. The SMILES string of the molecule is COCC(C)CNc1ccc(N)c(C(=O)OC)c1. The summed E-state index contributed by atoms with van der Waals surface area (Å²) in [5.74, 6) is -0.0461. The number of methoxy groups -OCH3 is 2. The van der Waals surface area contributed by atoms with Gasteiger partial charge in [-0.1, -0.05) is 6.92 Å². The number of anilines is 2. The topological polar surface area (TPSA) is 73.6 Å². The molecule has 100 valence electrons. The van der Waals surface area contributed by atoms with Gasteiger partial charge in [-0.2, -0.15) is 0 Å². The highest BCUT2D eigenvalue weighted by molar-refractivity contribution is 5.96. The molecule has 0 aromatic heterocycles. The van der Waals surface area contributed by atoms with Crippen LogP contribution in [0.5, 0.6) is 0 Å². The summed E-state index contributed by atoms with van der Waals surface area (Å²) in [5.41, 5.74) is 7.35. The molecule has 0 aliphatic carbocycles. The number of esters is 1. The van der Waals surface area contributed by atoms with Gasteiger partial charge in [0.15, 0.2) is 0 Å². The summed E-state index contributed by atoms with van der Waals surface area (Å²) in [6, 6.07) is 5.22. The Hall–Kier alpha value is -1.75. The van der Waals surface area contributed by atoms with Crippen LogP contribution in [-0.4, -0.2) is 33.3 Å². The molecule has 1 unspecified atom stereocenters. The molecule has 0 saturated carbocycles. The average molecular weight is 252 g/mol. The Morgan fingerprint density at radius 2 is 2.17 bits per heavy atom. The minimum atomic E-state index is -0.430. The van der Waals surface area contributed by atoms with E-state index in [1.807, 2.05) is 6.07 Å². The van der Waals surface area contributed by atoms with E-state index in [0.29, 0.717) is 23.8 Å². The van der Waals surface area contributed by atoms with Crippen LogP contribution >= 0.6 is 0 Å². The Labute approximate surface area is 107 Å². The third-order valence-electron chi connectivity index (χ3n) is 2.56. The van der Waals surface area contributed by atoms with Gasteiger partial charge in [-0.05, 0) is 24.1 Å². The highest BCUT2D eigenvalue weighted by Gasteiger charge is 2.10. The van der Waals surface area contributed by atoms with E-state index in [1.54, 1.807) is 19.2 Å². The molecule has 1 rings (SSSR count). The van der Waals surface area contributed by atoms with Crippen LogP contribution in [0.2, 0.25) is 0 Å². The standard InChI is InChI=1S/C13H20N2O3/c1-9(8-17-2)7-15-10-4-5-12(14)11(6-10)13(16)18-3/h4-6,9,15H,7-8,14H2,1-3H3. The Morgan fingerprint density at radius 3 is 2.78 bits per heavy atom. The van der Waals surface area contributed by atoms with E-state index in [0.717, 1.165) is 12.2 Å². The highest BCUT2D eigenvalue weighted by Crippen LogP contribution is 2.19. The predicted molar refractivity (Wildman–Crippen MR) is 71.7 cm³/mol. The molecular formula is C13H20N2O3. The zero-order valence-corrected chi connectivity index (χ0v) is 11.0. The first kappa shape index (κ1) is 14.3. The van der Waals surface area contributed by atoms with Crippen molar-refractivity contribution in [3.05, 3.63) is 23.8 Å². The summed E-state index contributed by atoms with van der Waals surface area (Å²) in [5, 5.41) is 3.23. The van der Waals surface area contributed by atoms with Crippen molar-refractivity contribution in [1.29, 1.82) is 0 Å². The first-order valence-electron chi connectivity index (χ1n) is 5.79. The number of rotatable bonds is 6. The lowest BCUT2D eigenvalue weighted by Crippen LogP contribution is -2.16. The number of nitrogens with one attached hydrogen (secondary N) is 1. The molecule has 1 aromatic carbocycles.